The van der Waals surface area contributed by atoms with E-state index in [-0.39, 0.29) is 11.5 Å². The Morgan fingerprint density at radius 3 is 2.34 bits per heavy atom. The van der Waals surface area contributed by atoms with Gasteiger partial charge in [0.05, 0.1) is 17.0 Å². The molecule has 0 aliphatic carbocycles. The molecule has 0 radical (unpaired) electrons. The summed E-state index contributed by atoms with van der Waals surface area (Å²) in [7, 11) is -2.11. The summed E-state index contributed by atoms with van der Waals surface area (Å²) in [6.45, 7) is 1.55. The van der Waals surface area contributed by atoms with Gasteiger partial charge in [-0.1, -0.05) is 53.5 Å². The molecule has 3 aromatic carbocycles. The van der Waals surface area contributed by atoms with Gasteiger partial charge in [0, 0.05) is 17.1 Å². The van der Waals surface area contributed by atoms with Gasteiger partial charge in [0.1, 0.15) is 6.61 Å². The maximum absolute atomic E-state index is 11.3. The van der Waals surface area contributed by atoms with E-state index in [0.717, 1.165) is 23.1 Å². The van der Waals surface area contributed by atoms with Crippen molar-refractivity contribution >= 4 is 33.2 Å². The van der Waals surface area contributed by atoms with Gasteiger partial charge in [0.2, 0.25) is 10.0 Å². The highest BCUT2D eigenvalue weighted by Gasteiger charge is 2.13. The molecular formula is C23H24Cl2N2O4S. The van der Waals surface area contributed by atoms with E-state index in [1.165, 1.54) is 12.1 Å². The van der Waals surface area contributed by atoms with Gasteiger partial charge in [0.15, 0.2) is 11.5 Å². The highest BCUT2D eigenvalue weighted by Crippen LogP contribution is 2.37. The second-order valence-electron chi connectivity index (χ2n) is 7.10. The number of nitrogens with two attached hydrogens (primary N) is 1. The van der Waals surface area contributed by atoms with E-state index in [1.54, 1.807) is 19.2 Å². The molecule has 0 aliphatic heterocycles. The SMILES string of the molecule is COc1cc(CNCCc2ccc(S(N)(=O)=O)cc2)cc(Cl)c1OCc1ccccc1Cl. The summed E-state index contributed by atoms with van der Waals surface area (Å²) < 4.78 is 34.0. The minimum Gasteiger partial charge on any atom is -0.493 e. The summed E-state index contributed by atoms with van der Waals surface area (Å²) in [6, 6.07) is 17.7. The quantitative estimate of drug-likeness (QED) is 0.403. The van der Waals surface area contributed by atoms with Crippen LogP contribution in [0.3, 0.4) is 0 Å². The monoisotopic (exact) mass is 494 g/mol. The summed E-state index contributed by atoms with van der Waals surface area (Å²) in [5, 5.41) is 9.54. The van der Waals surface area contributed by atoms with Crippen LogP contribution in [0.1, 0.15) is 16.7 Å². The molecule has 0 aromatic heterocycles. The number of hydrogen-bond acceptors (Lipinski definition) is 5. The number of primary sulfonamides is 1. The van der Waals surface area contributed by atoms with Crippen molar-refractivity contribution in [2.24, 2.45) is 5.14 Å². The fourth-order valence-corrected chi connectivity index (χ4v) is 4.09. The number of benzene rings is 3. The summed E-state index contributed by atoms with van der Waals surface area (Å²) >= 11 is 12.6. The Bertz CT molecular complexity index is 1170. The van der Waals surface area contributed by atoms with Crippen molar-refractivity contribution in [3.63, 3.8) is 0 Å². The molecule has 0 spiro atoms. The van der Waals surface area contributed by atoms with Gasteiger partial charge in [-0.2, -0.15) is 0 Å². The van der Waals surface area contributed by atoms with Crippen LogP contribution in [0.5, 0.6) is 11.5 Å². The largest absolute Gasteiger partial charge is 0.493 e. The van der Waals surface area contributed by atoms with Crippen LogP contribution in [0.25, 0.3) is 0 Å². The molecule has 0 saturated carbocycles. The third-order valence-corrected chi connectivity index (χ3v) is 6.37. The summed E-state index contributed by atoms with van der Waals surface area (Å²) in [4.78, 5) is 0.104. The van der Waals surface area contributed by atoms with E-state index in [2.05, 4.69) is 5.32 Å². The van der Waals surface area contributed by atoms with Crippen LogP contribution >= 0.6 is 23.2 Å². The third kappa shape index (κ3) is 6.60. The highest BCUT2D eigenvalue weighted by atomic mass is 35.5. The Morgan fingerprint density at radius 1 is 0.969 bits per heavy atom. The molecule has 3 rings (SSSR count). The Morgan fingerprint density at radius 2 is 1.69 bits per heavy atom. The van der Waals surface area contributed by atoms with Crippen molar-refractivity contribution in [2.75, 3.05) is 13.7 Å². The normalized spacial score (nSPS) is 11.4. The molecule has 3 aromatic rings. The first kappa shape index (κ1) is 24.4. The zero-order valence-corrected chi connectivity index (χ0v) is 19.8. The maximum atomic E-state index is 11.3. The minimum absolute atomic E-state index is 0.104. The van der Waals surface area contributed by atoms with Gasteiger partial charge in [-0.05, 0) is 54.4 Å². The standard InChI is InChI=1S/C23H24Cl2N2O4S/c1-30-22-13-17(12-21(25)23(22)31-15-18-4-2-3-5-20(18)24)14-27-11-10-16-6-8-19(9-7-16)32(26,28)29/h2-9,12-13,27H,10-11,14-15H2,1H3,(H2,26,28,29). The third-order valence-electron chi connectivity index (χ3n) is 4.79. The molecule has 0 fully saturated rings. The zero-order chi connectivity index (χ0) is 23.1. The molecule has 0 unspecified atom stereocenters. The van der Waals surface area contributed by atoms with Gasteiger partial charge in [-0.25, -0.2) is 13.6 Å². The summed E-state index contributed by atoms with van der Waals surface area (Å²) in [5.41, 5.74) is 2.81. The number of hydrogen-bond donors (Lipinski definition) is 2. The molecular weight excluding hydrogens is 471 g/mol. The molecule has 3 N–H and O–H groups in total. The number of ether oxygens (including phenoxy) is 2. The lowest BCUT2D eigenvalue weighted by Crippen LogP contribution is -2.17. The molecule has 170 valence electrons. The van der Waals surface area contributed by atoms with Crippen molar-refractivity contribution < 1.29 is 17.9 Å². The van der Waals surface area contributed by atoms with Gasteiger partial charge in [-0.15, -0.1) is 0 Å². The average molecular weight is 495 g/mol. The average Bonchev–Trinajstić information content (AvgIpc) is 2.76. The van der Waals surface area contributed by atoms with Crippen molar-refractivity contribution in [3.05, 3.63) is 87.4 Å². The Hall–Kier alpha value is -2.29. The van der Waals surface area contributed by atoms with Crippen molar-refractivity contribution in [1.82, 2.24) is 5.32 Å². The first-order valence-electron chi connectivity index (χ1n) is 9.83. The number of sulfonamides is 1. The van der Waals surface area contributed by atoms with Crippen LogP contribution in [-0.4, -0.2) is 22.1 Å². The molecule has 0 aliphatic rings. The molecule has 9 heteroatoms. The molecule has 0 bridgehead atoms. The lowest BCUT2D eigenvalue weighted by atomic mass is 10.1. The van der Waals surface area contributed by atoms with Gasteiger partial charge < -0.3 is 14.8 Å². The van der Waals surface area contributed by atoms with Crippen LogP contribution in [-0.2, 0) is 29.6 Å². The smallest absolute Gasteiger partial charge is 0.238 e. The number of nitrogens with one attached hydrogen (secondary N) is 1. The Balaban J connectivity index is 1.57. The first-order chi connectivity index (χ1) is 15.3. The van der Waals surface area contributed by atoms with E-state index in [9.17, 15) is 8.42 Å². The van der Waals surface area contributed by atoms with Gasteiger partial charge >= 0.3 is 0 Å². The van der Waals surface area contributed by atoms with Crippen molar-refractivity contribution in [3.8, 4) is 11.5 Å². The Kier molecular flexibility index (Phi) is 8.39. The summed E-state index contributed by atoms with van der Waals surface area (Å²) in [5.74, 6) is 1.01. The first-order valence-corrected chi connectivity index (χ1v) is 12.1. The molecule has 0 saturated heterocycles. The molecule has 0 amide bonds. The van der Waals surface area contributed by atoms with Gasteiger partial charge in [0.25, 0.3) is 0 Å². The summed E-state index contributed by atoms with van der Waals surface area (Å²) in [6.07, 6.45) is 0.731. The van der Waals surface area contributed by atoms with Crippen LogP contribution < -0.4 is 19.9 Å². The van der Waals surface area contributed by atoms with Crippen LogP contribution in [0.4, 0.5) is 0 Å². The fourth-order valence-electron chi connectivity index (χ4n) is 3.09. The van der Waals surface area contributed by atoms with Crippen LogP contribution in [0.15, 0.2) is 65.6 Å². The minimum atomic E-state index is -3.67. The van der Waals surface area contributed by atoms with Crippen LogP contribution in [0, 0.1) is 0 Å². The molecule has 6 nitrogen and oxygen atoms in total. The van der Waals surface area contributed by atoms with E-state index >= 15 is 0 Å². The molecule has 0 atom stereocenters. The lowest BCUT2D eigenvalue weighted by Gasteiger charge is -2.15. The maximum Gasteiger partial charge on any atom is 0.238 e. The number of rotatable bonds is 10. The number of halogens is 2. The zero-order valence-electron chi connectivity index (χ0n) is 17.5. The second kappa shape index (κ2) is 11.0. The van der Waals surface area contributed by atoms with Crippen molar-refractivity contribution in [2.45, 2.75) is 24.5 Å². The van der Waals surface area contributed by atoms with E-state index in [0.29, 0.717) is 34.6 Å². The highest BCUT2D eigenvalue weighted by molar-refractivity contribution is 7.89. The predicted octanol–water partition coefficient (Wildman–Crippen LogP) is 4.56. The van der Waals surface area contributed by atoms with Crippen LogP contribution in [0.2, 0.25) is 10.0 Å². The second-order valence-corrected chi connectivity index (χ2v) is 9.48. The van der Waals surface area contributed by atoms with E-state index in [4.69, 9.17) is 37.8 Å². The predicted molar refractivity (Wildman–Crippen MR) is 127 cm³/mol. The number of methoxy groups -OCH3 is 1. The lowest BCUT2D eigenvalue weighted by molar-refractivity contribution is 0.284. The Labute approximate surface area is 198 Å². The molecule has 32 heavy (non-hydrogen) atoms. The van der Waals surface area contributed by atoms with Gasteiger partial charge in [-0.3, -0.25) is 0 Å². The fraction of sp³-hybridized carbons (Fsp3) is 0.217. The van der Waals surface area contributed by atoms with E-state index in [1.807, 2.05) is 36.4 Å². The molecule has 0 heterocycles. The van der Waals surface area contributed by atoms with E-state index < -0.39 is 10.0 Å². The topological polar surface area (TPSA) is 90.6 Å². The van der Waals surface area contributed by atoms with Crippen molar-refractivity contribution in [1.29, 1.82) is 0 Å².